The molecule has 31 heavy (non-hydrogen) atoms. The smallest absolute Gasteiger partial charge is 0.133 e. The van der Waals surface area contributed by atoms with E-state index in [1.165, 1.54) is 48.8 Å². The zero-order chi connectivity index (χ0) is 22.3. The van der Waals surface area contributed by atoms with Crippen molar-refractivity contribution in [2.45, 2.75) is 103 Å². The molecule has 1 unspecified atom stereocenters. The van der Waals surface area contributed by atoms with Gasteiger partial charge >= 0.3 is 0 Å². The zero-order valence-electron chi connectivity index (χ0n) is 20.0. The standard InChI is InChI=1S/C29H40O2/c1-5-6-7-11-18-28(2,3)24-16-17-26(29(4)19-12-15-25(30)21-29)27(20-24)31-22-23-13-9-8-10-14-23/h8-10,13-14,16-17,20H,5-7,11-12,15,18-19,21-22H2,1-4H3. The fraction of sp³-hybridized carbons (Fsp3) is 0.552. The van der Waals surface area contributed by atoms with E-state index < -0.39 is 0 Å². The van der Waals surface area contributed by atoms with Crippen molar-refractivity contribution in [2.24, 2.45) is 0 Å². The summed E-state index contributed by atoms with van der Waals surface area (Å²) in [7, 11) is 0. The third-order valence-corrected chi connectivity index (χ3v) is 7.08. The predicted molar refractivity (Wildman–Crippen MR) is 130 cm³/mol. The average molecular weight is 421 g/mol. The number of carbonyl (C=O) groups excluding carboxylic acids is 1. The van der Waals surface area contributed by atoms with Crippen molar-refractivity contribution in [3.8, 4) is 5.75 Å². The molecule has 1 aliphatic carbocycles. The average Bonchev–Trinajstić information content (AvgIpc) is 2.75. The van der Waals surface area contributed by atoms with E-state index >= 15 is 0 Å². The highest BCUT2D eigenvalue weighted by Gasteiger charge is 2.36. The van der Waals surface area contributed by atoms with Gasteiger partial charge in [-0.05, 0) is 41.9 Å². The van der Waals surface area contributed by atoms with Crippen LogP contribution in [0.5, 0.6) is 5.75 Å². The quantitative estimate of drug-likeness (QED) is 0.365. The van der Waals surface area contributed by atoms with Crippen LogP contribution in [0.25, 0.3) is 0 Å². The van der Waals surface area contributed by atoms with E-state index in [0.717, 1.165) is 25.0 Å². The van der Waals surface area contributed by atoms with Gasteiger partial charge in [-0.1, -0.05) is 95.8 Å². The Balaban J connectivity index is 1.88. The Labute approximate surface area is 189 Å². The summed E-state index contributed by atoms with van der Waals surface area (Å²) in [6, 6.07) is 17.2. The van der Waals surface area contributed by atoms with Crippen molar-refractivity contribution >= 4 is 5.78 Å². The molecule has 0 amide bonds. The Morgan fingerprint density at radius 2 is 1.81 bits per heavy atom. The number of hydrogen-bond donors (Lipinski definition) is 0. The second kappa shape index (κ2) is 10.5. The van der Waals surface area contributed by atoms with E-state index in [1.54, 1.807) is 0 Å². The van der Waals surface area contributed by atoms with Gasteiger partial charge in [-0.2, -0.15) is 0 Å². The lowest BCUT2D eigenvalue weighted by Gasteiger charge is -2.35. The molecule has 0 aliphatic heterocycles. The molecular weight excluding hydrogens is 380 g/mol. The number of benzene rings is 2. The van der Waals surface area contributed by atoms with E-state index in [0.29, 0.717) is 18.8 Å². The lowest BCUT2D eigenvalue weighted by Crippen LogP contribution is -2.31. The minimum atomic E-state index is -0.134. The molecule has 0 saturated heterocycles. The summed E-state index contributed by atoms with van der Waals surface area (Å²) in [5.41, 5.74) is 3.68. The first kappa shape index (κ1) is 23.6. The zero-order valence-corrected chi connectivity index (χ0v) is 20.0. The van der Waals surface area contributed by atoms with E-state index in [2.05, 4.69) is 70.2 Å². The summed E-state index contributed by atoms with van der Waals surface area (Å²) in [6.45, 7) is 9.75. The van der Waals surface area contributed by atoms with Gasteiger partial charge in [-0.25, -0.2) is 0 Å². The second-order valence-corrected chi connectivity index (χ2v) is 10.3. The van der Waals surface area contributed by atoms with Crippen molar-refractivity contribution in [3.05, 3.63) is 65.2 Å². The van der Waals surface area contributed by atoms with Gasteiger partial charge in [0.1, 0.15) is 18.1 Å². The topological polar surface area (TPSA) is 26.3 Å². The SMILES string of the molecule is CCCCCCC(C)(C)c1ccc(C2(C)CCCC(=O)C2)c(OCc2ccccc2)c1. The molecule has 2 aromatic rings. The maximum atomic E-state index is 12.3. The Kier molecular flexibility index (Phi) is 7.97. The largest absolute Gasteiger partial charge is 0.489 e. The highest BCUT2D eigenvalue weighted by molar-refractivity contribution is 5.81. The Bertz CT molecular complexity index is 852. The molecule has 1 aliphatic rings. The van der Waals surface area contributed by atoms with E-state index in [-0.39, 0.29) is 10.8 Å². The number of ether oxygens (including phenoxy) is 1. The second-order valence-electron chi connectivity index (χ2n) is 10.3. The van der Waals surface area contributed by atoms with Crippen molar-refractivity contribution in [1.29, 1.82) is 0 Å². The van der Waals surface area contributed by atoms with Gasteiger partial charge in [0.2, 0.25) is 0 Å². The molecule has 1 fully saturated rings. The molecule has 2 aromatic carbocycles. The first-order valence-electron chi connectivity index (χ1n) is 12.2. The molecule has 2 nitrogen and oxygen atoms in total. The van der Waals surface area contributed by atoms with Crippen LogP contribution in [0.4, 0.5) is 0 Å². The van der Waals surface area contributed by atoms with Gasteiger partial charge < -0.3 is 4.74 Å². The molecule has 168 valence electrons. The van der Waals surface area contributed by atoms with Gasteiger partial charge in [-0.3, -0.25) is 4.79 Å². The van der Waals surface area contributed by atoms with Crippen molar-refractivity contribution < 1.29 is 9.53 Å². The monoisotopic (exact) mass is 420 g/mol. The Morgan fingerprint density at radius 1 is 1.03 bits per heavy atom. The van der Waals surface area contributed by atoms with Gasteiger partial charge in [0, 0.05) is 23.8 Å². The van der Waals surface area contributed by atoms with Crippen molar-refractivity contribution in [3.63, 3.8) is 0 Å². The predicted octanol–water partition coefficient (Wildman–Crippen LogP) is 7.91. The lowest BCUT2D eigenvalue weighted by molar-refractivity contribution is -0.121. The molecule has 0 spiro atoms. The van der Waals surface area contributed by atoms with Crippen molar-refractivity contribution in [2.75, 3.05) is 0 Å². The number of rotatable bonds is 10. The van der Waals surface area contributed by atoms with E-state index in [4.69, 9.17) is 4.74 Å². The third-order valence-electron chi connectivity index (χ3n) is 7.08. The van der Waals surface area contributed by atoms with Crippen LogP contribution in [0.3, 0.4) is 0 Å². The van der Waals surface area contributed by atoms with Crippen LogP contribution in [-0.2, 0) is 22.2 Å². The van der Waals surface area contributed by atoms with Crippen LogP contribution in [0.15, 0.2) is 48.5 Å². The minimum absolute atomic E-state index is 0.112. The van der Waals surface area contributed by atoms with E-state index in [1.807, 2.05) is 6.07 Å². The van der Waals surface area contributed by atoms with Crippen LogP contribution < -0.4 is 4.74 Å². The van der Waals surface area contributed by atoms with Crippen LogP contribution in [0.2, 0.25) is 0 Å². The summed E-state index contributed by atoms with van der Waals surface area (Å²) in [4.78, 5) is 12.3. The molecule has 0 bridgehead atoms. The third kappa shape index (κ3) is 6.21. The maximum Gasteiger partial charge on any atom is 0.133 e. The first-order chi connectivity index (χ1) is 14.8. The number of carbonyl (C=O) groups is 1. The van der Waals surface area contributed by atoms with Crippen LogP contribution in [-0.4, -0.2) is 5.78 Å². The summed E-state index contributed by atoms with van der Waals surface area (Å²) in [5.74, 6) is 1.34. The van der Waals surface area contributed by atoms with Gasteiger partial charge in [0.15, 0.2) is 0 Å². The number of Topliss-reactive ketones (excluding diaryl/α,β-unsaturated/α-hetero) is 1. The fourth-order valence-electron chi connectivity index (χ4n) is 4.95. The highest BCUT2D eigenvalue weighted by Crippen LogP contribution is 2.44. The summed E-state index contributed by atoms with van der Waals surface area (Å²) < 4.78 is 6.44. The summed E-state index contributed by atoms with van der Waals surface area (Å²) >= 11 is 0. The summed E-state index contributed by atoms with van der Waals surface area (Å²) in [5, 5.41) is 0. The molecule has 0 aromatic heterocycles. The van der Waals surface area contributed by atoms with Gasteiger partial charge in [0.05, 0.1) is 0 Å². The maximum absolute atomic E-state index is 12.3. The fourth-order valence-corrected chi connectivity index (χ4v) is 4.95. The summed E-state index contributed by atoms with van der Waals surface area (Å²) in [6.07, 6.45) is 9.67. The van der Waals surface area contributed by atoms with Crippen molar-refractivity contribution in [1.82, 2.24) is 0 Å². The lowest BCUT2D eigenvalue weighted by atomic mass is 9.69. The minimum Gasteiger partial charge on any atom is -0.489 e. The number of hydrogen-bond acceptors (Lipinski definition) is 2. The highest BCUT2D eigenvalue weighted by atomic mass is 16.5. The number of ketones is 1. The van der Waals surface area contributed by atoms with E-state index in [9.17, 15) is 4.79 Å². The molecule has 0 N–H and O–H groups in total. The molecule has 1 atom stereocenters. The molecule has 0 radical (unpaired) electrons. The normalized spacial score (nSPS) is 19.4. The van der Waals surface area contributed by atoms with Crippen LogP contribution >= 0.6 is 0 Å². The molecule has 2 heteroatoms. The van der Waals surface area contributed by atoms with Gasteiger partial charge in [-0.15, -0.1) is 0 Å². The molecule has 1 saturated carbocycles. The number of unbranched alkanes of at least 4 members (excludes halogenated alkanes) is 3. The Morgan fingerprint density at radius 3 is 2.52 bits per heavy atom. The molecular formula is C29H40O2. The molecule has 3 rings (SSSR count). The first-order valence-corrected chi connectivity index (χ1v) is 12.2. The van der Waals surface area contributed by atoms with Gasteiger partial charge in [0.25, 0.3) is 0 Å². The molecule has 0 heterocycles. The van der Waals surface area contributed by atoms with Crippen LogP contribution in [0, 0.1) is 0 Å². The Hall–Kier alpha value is -2.09. The van der Waals surface area contributed by atoms with Crippen LogP contribution in [0.1, 0.15) is 102 Å².